The topological polar surface area (TPSA) is 108 Å². The molecule has 0 saturated heterocycles. The summed E-state index contributed by atoms with van der Waals surface area (Å²) in [7, 11) is 0. The number of imidazole rings is 1. The van der Waals surface area contributed by atoms with Gasteiger partial charge in [0.05, 0.1) is 11.3 Å². The Kier molecular flexibility index (Phi) is 3.51. The number of hydrogen-bond donors (Lipinski definition) is 3. The number of hydrogen-bond acceptors (Lipinski definition) is 5. The molecule has 0 atom stereocenters. The fraction of sp³-hybridized carbons (Fsp3) is 0.333. The molecule has 0 spiro atoms. The van der Waals surface area contributed by atoms with Crippen molar-refractivity contribution in [3.8, 4) is 11.3 Å². The third-order valence-electron chi connectivity index (χ3n) is 3.26. The number of aromatic amines is 2. The van der Waals surface area contributed by atoms with Crippen LogP contribution in [0.1, 0.15) is 20.8 Å². The van der Waals surface area contributed by atoms with Crippen molar-refractivity contribution in [2.24, 2.45) is 5.41 Å². The molecule has 23 heavy (non-hydrogen) atoms. The van der Waals surface area contributed by atoms with Crippen LogP contribution < -0.4 is 16.6 Å². The minimum absolute atomic E-state index is 0.0858. The van der Waals surface area contributed by atoms with E-state index in [9.17, 15) is 9.59 Å². The van der Waals surface area contributed by atoms with Crippen LogP contribution in [0.5, 0.6) is 0 Å². The lowest BCUT2D eigenvalue weighted by Gasteiger charge is -2.20. The van der Waals surface area contributed by atoms with Gasteiger partial charge in [0.2, 0.25) is 0 Å². The van der Waals surface area contributed by atoms with Crippen LogP contribution in [0.15, 0.2) is 34.2 Å². The van der Waals surface area contributed by atoms with Gasteiger partial charge in [-0.25, -0.2) is 14.3 Å². The van der Waals surface area contributed by atoms with Crippen LogP contribution in [0, 0.1) is 5.41 Å². The Morgan fingerprint density at radius 3 is 2.78 bits per heavy atom. The second-order valence-corrected chi connectivity index (χ2v) is 6.54. The molecule has 0 aromatic carbocycles. The lowest BCUT2D eigenvalue weighted by molar-refractivity contribution is 0.443. The van der Waals surface area contributed by atoms with E-state index in [0.717, 1.165) is 12.2 Å². The van der Waals surface area contributed by atoms with E-state index in [4.69, 9.17) is 0 Å². The van der Waals surface area contributed by atoms with Gasteiger partial charge in [0.25, 0.3) is 5.56 Å². The van der Waals surface area contributed by atoms with Gasteiger partial charge in [-0.1, -0.05) is 20.8 Å². The molecule has 8 heteroatoms. The van der Waals surface area contributed by atoms with Crippen LogP contribution in [-0.4, -0.2) is 31.1 Å². The molecule has 120 valence electrons. The molecule has 0 saturated carbocycles. The van der Waals surface area contributed by atoms with Crippen LogP contribution in [0.25, 0.3) is 16.9 Å². The zero-order valence-corrected chi connectivity index (χ0v) is 13.2. The van der Waals surface area contributed by atoms with E-state index >= 15 is 0 Å². The molecular weight excluding hydrogens is 296 g/mol. The first-order valence-electron chi connectivity index (χ1n) is 7.24. The normalized spacial score (nSPS) is 11.8. The fourth-order valence-corrected chi connectivity index (χ4v) is 2.14. The predicted molar refractivity (Wildman–Crippen MR) is 87.6 cm³/mol. The zero-order chi connectivity index (χ0) is 16.6. The number of anilines is 1. The van der Waals surface area contributed by atoms with Gasteiger partial charge >= 0.3 is 5.69 Å². The largest absolute Gasteiger partial charge is 0.381 e. The number of fused-ring (bicyclic) bond motifs is 1. The Balaban J connectivity index is 2.11. The lowest BCUT2D eigenvalue weighted by atomic mass is 9.97. The first-order valence-corrected chi connectivity index (χ1v) is 7.24. The summed E-state index contributed by atoms with van der Waals surface area (Å²) in [6, 6.07) is 1.76. The second kappa shape index (κ2) is 5.38. The predicted octanol–water partition coefficient (Wildman–Crippen LogP) is 1.23. The van der Waals surface area contributed by atoms with Gasteiger partial charge in [-0.3, -0.25) is 9.78 Å². The average molecular weight is 314 g/mol. The van der Waals surface area contributed by atoms with Crippen molar-refractivity contribution >= 4 is 11.3 Å². The maximum atomic E-state index is 12.0. The van der Waals surface area contributed by atoms with Gasteiger partial charge in [0.1, 0.15) is 5.69 Å². The van der Waals surface area contributed by atoms with Crippen molar-refractivity contribution in [2.75, 3.05) is 11.9 Å². The third kappa shape index (κ3) is 3.15. The van der Waals surface area contributed by atoms with Gasteiger partial charge in [-0.2, -0.15) is 5.10 Å². The van der Waals surface area contributed by atoms with Crippen molar-refractivity contribution < 1.29 is 0 Å². The monoisotopic (exact) mass is 314 g/mol. The molecule has 3 rings (SSSR count). The highest BCUT2D eigenvalue weighted by molar-refractivity contribution is 5.73. The summed E-state index contributed by atoms with van der Waals surface area (Å²) in [6.45, 7) is 7.10. The fourth-order valence-electron chi connectivity index (χ4n) is 2.14. The standard InChI is InChI=1S/C15H18N6O2/c1-15(2,3)8-18-11-6-10(20-21-5-4-16-12(11)21)9-7-17-14(23)19-13(9)22/h4-7,18H,8H2,1-3H3,(H2,17,19,22,23). The summed E-state index contributed by atoms with van der Waals surface area (Å²) in [5.74, 6) is 0. The van der Waals surface area contributed by atoms with E-state index in [1.807, 2.05) is 0 Å². The van der Waals surface area contributed by atoms with Gasteiger partial charge in [-0.15, -0.1) is 0 Å². The minimum Gasteiger partial charge on any atom is -0.381 e. The van der Waals surface area contributed by atoms with Crippen molar-refractivity contribution in [1.29, 1.82) is 0 Å². The van der Waals surface area contributed by atoms with Gasteiger partial charge in [0.15, 0.2) is 5.65 Å². The molecular formula is C15H18N6O2. The Morgan fingerprint density at radius 2 is 2.09 bits per heavy atom. The van der Waals surface area contributed by atoms with Crippen LogP contribution in [-0.2, 0) is 0 Å². The Bertz CT molecular complexity index is 960. The number of rotatable bonds is 3. The highest BCUT2D eigenvalue weighted by Gasteiger charge is 2.14. The first kappa shape index (κ1) is 15.0. The van der Waals surface area contributed by atoms with Gasteiger partial charge < -0.3 is 10.3 Å². The Labute approximate surface area is 131 Å². The maximum Gasteiger partial charge on any atom is 0.325 e. The van der Waals surface area contributed by atoms with E-state index in [2.05, 4.69) is 46.1 Å². The van der Waals surface area contributed by atoms with Crippen LogP contribution in [0.3, 0.4) is 0 Å². The zero-order valence-electron chi connectivity index (χ0n) is 13.2. The molecule has 0 radical (unpaired) electrons. The van der Waals surface area contributed by atoms with Crippen molar-refractivity contribution in [3.63, 3.8) is 0 Å². The smallest absolute Gasteiger partial charge is 0.325 e. The van der Waals surface area contributed by atoms with E-state index in [-0.39, 0.29) is 5.41 Å². The number of aromatic nitrogens is 5. The minimum atomic E-state index is -0.548. The van der Waals surface area contributed by atoms with E-state index < -0.39 is 11.2 Å². The molecule has 0 aliphatic carbocycles. The molecule has 8 nitrogen and oxygen atoms in total. The lowest BCUT2D eigenvalue weighted by Crippen LogP contribution is -2.23. The quantitative estimate of drug-likeness (QED) is 0.674. The molecule has 0 aliphatic rings. The van der Waals surface area contributed by atoms with Crippen LogP contribution in [0.4, 0.5) is 5.69 Å². The van der Waals surface area contributed by atoms with Crippen molar-refractivity contribution in [1.82, 2.24) is 24.6 Å². The third-order valence-corrected chi connectivity index (χ3v) is 3.26. The Morgan fingerprint density at radius 1 is 1.30 bits per heavy atom. The van der Waals surface area contributed by atoms with Crippen molar-refractivity contribution in [2.45, 2.75) is 20.8 Å². The molecule has 0 amide bonds. The van der Waals surface area contributed by atoms with Crippen LogP contribution >= 0.6 is 0 Å². The van der Waals surface area contributed by atoms with E-state index in [1.165, 1.54) is 6.20 Å². The molecule has 3 heterocycles. The first-order chi connectivity index (χ1) is 10.8. The molecule has 0 unspecified atom stereocenters. The SMILES string of the molecule is CC(C)(C)CNc1cc(-c2c[nH]c(=O)[nH]c2=O)nn2ccnc12. The average Bonchev–Trinajstić information content (AvgIpc) is 2.92. The van der Waals surface area contributed by atoms with Crippen LogP contribution in [0.2, 0.25) is 0 Å². The number of nitrogens with one attached hydrogen (secondary N) is 3. The van der Waals surface area contributed by atoms with E-state index in [0.29, 0.717) is 16.9 Å². The second-order valence-electron chi connectivity index (χ2n) is 6.54. The highest BCUT2D eigenvalue weighted by atomic mass is 16.2. The summed E-state index contributed by atoms with van der Waals surface area (Å²) >= 11 is 0. The molecule has 3 aromatic heterocycles. The highest BCUT2D eigenvalue weighted by Crippen LogP contribution is 2.22. The summed E-state index contributed by atoms with van der Waals surface area (Å²) in [6.07, 6.45) is 4.71. The molecule has 3 aromatic rings. The number of nitrogens with zero attached hydrogens (tertiary/aromatic N) is 3. The summed E-state index contributed by atoms with van der Waals surface area (Å²) in [5.41, 5.74) is 1.25. The van der Waals surface area contributed by atoms with Gasteiger partial charge in [-0.05, 0) is 11.5 Å². The number of H-pyrrole nitrogens is 2. The van der Waals surface area contributed by atoms with E-state index in [1.54, 1.807) is 23.0 Å². The summed E-state index contributed by atoms with van der Waals surface area (Å²) in [5, 5.41) is 7.72. The van der Waals surface area contributed by atoms with Gasteiger partial charge in [0, 0.05) is 25.1 Å². The molecule has 0 fully saturated rings. The molecule has 0 bridgehead atoms. The summed E-state index contributed by atoms with van der Waals surface area (Å²) < 4.78 is 1.60. The Hall–Kier alpha value is -2.90. The maximum absolute atomic E-state index is 12.0. The summed E-state index contributed by atoms with van der Waals surface area (Å²) in [4.78, 5) is 32.1. The molecule has 0 aliphatic heterocycles. The molecule has 3 N–H and O–H groups in total. The van der Waals surface area contributed by atoms with Crippen molar-refractivity contribution in [3.05, 3.63) is 45.5 Å².